The van der Waals surface area contributed by atoms with Crippen molar-refractivity contribution in [3.63, 3.8) is 0 Å². The smallest absolute Gasteiger partial charge is 0.0586 e. The van der Waals surface area contributed by atoms with Gasteiger partial charge in [0.05, 0.1) is 8.07 Å². The summed E-state index contributed by atoms with van der Waals surface area (Å²) in [4.78, 5) is 0. The third-order valence-electron chi connectivity index (χ3n) is 2.84. The van der Waals surface area contributed by atoms with Gasteiger partial charge in [-0.05, 0) is 0 Å². The molecule has 0 aliphatic heterocycles. The van der Waals surface area contributed by atoms with Crippen LogP contribution in [0.25, 0.3) is 5.57 Å². The van der Waals surface area contributed by atoms with Gasteiger partial charge in [0, 0.05) is 21.7 Å². The molecule has 0 aromatic heterocycles. The van der Waals surface area contributed by atoms with E-state index in [0.29, 0.717) is 0 Å². The molecule has 2 rings (SSSR count). The van der Waals surface area contributed by atoms with Crippen LogP contribution < -0.4 is 0 Å². The summed E-state index contributed by atoms with van der Waals surface area (Å²) in [5, 5.41) is 1.61. The Balaban J connectivity index is 0. The molecule has 4 heteroatoms. The van der Waals surface area contributed by atoms with E-state index in [1.807, 2.05) is 0 Å². The number of rotatable bonds is 2. The Labute approximate surface area is 139 Å². The monoisotopic (exact) mass is 333 g/mol. The molecule has 0 amide bonds. The van der Waals surface area contributed by atoms with Crippen LogP contribution in [-0.4, -0.2) is 8.07 Å². The molecule has 1 aromatic carbocycles. The summed E-state index contributed by atoms with van der Waals surface area (Å²) in [6.07, 6.45) is 6.88. The van der Waals surface area contributed by atoms with Gasteiger partial charge in [0.2, 0.25) is 0 Å². The molecule has 0 saturated carbocycles. The van der Waals surface area contributed by atoms with Crippen molar-refractivity contribution in [1.82, 2.24) is 0 Å². The van der Waals surface area contributed by atoms with Gasteiger partial charge in [-0.2, -0.15) is 17.7 Å². The topological polar surface area (TPSA) is 0 Å². The van der Waals surface area contributed by atoms with Gasteiger partial charge >= 0.3 is 0 Å². The molecule has 0 nitrogen and oxygen atoms in total. The summed E-state index contributed by atoms with van der Waals surface area (Å²) in [5.41, 5.74) is 2.58. The van der Waals surface area contributed by atoms with Crippen molar-refractivity contribution < 1.29 is 21.7 Å². The van der Waals surface area contributed by atoms with Gasteiger partial charge in [-0.1, -0.05) is 44.3 Å². The molecule has 0 unspecified atom stereocenters. The van der Waals surface area contributed by atoms with Crippen molar-refractivity contribution in [3.05, 3.63) is 53.2 Å². The Morgan fingerprint density at radius 3 is 2.00 bits per heavy atom. The van der Waals surface area contributed by atoms with E-state index in [2.05, 4.69) is 62.1 Å². The minimum Gasteiger partial charge on any atom is -0.198 e. The number of benzene rings is 1. The quantitative estimate of drug-likeness (QED) is 0.532. The molecule has 18 heavy (non-hydrogen) atoms. The van der Waals surface area contributed by atoms with Crippen LogP contribution in [0.1, 0.15) is 12.0 Å². The molecule has 98 valence electrons. The fraction of sp³-hybridized carbons (Fsp3) is 0.286. The van der Waals surface area contributed by atoms with Crippen LogP contribution >= 0.6 is 24.8 Å². The molecule has 1 aromatic rings. The first kappa shape index (κ1) is 20.5. The summed E-state index contributed by atoms with van der Waals surface area (Å²) >= 11 is 0. The summed E-state index contributed by atoms with van der Waals surface area (Å²) in [5.74, 6) is 0. The number of hydrogen-bond donors (Lipinski definition) is 0. The SMILES string of the molecule is C[Si](C)(C)C1=CC(c2ccccc2)=[C-]C1.Cl.Cl.[Ti]. The molecular formula is C14H19Cl2SiTi-. The molecule has 0 saturated heterocycles. The maximum Gasteiger partial charge on any atom is 0.0586 e. The fourth-order valence-corrected chi connectivity index (χ4v) is 2.95. The van der Waals surface area contributed by atoms with Crippen LogP contribution in [0.4, 0.5) is 0 Å². The standard InChI is InChI=1S/C14H17Si.2ClH.Ti/c1-15(2,3)14-10-9-13(11-14)12-7-5-4-6-8-12;;;/h4-8,11H,10H2,1-3H3;2*1H;/q-1;;;. The third kappa shape index (κ3) is 5.07. The van der Waals surface area contributed by atoms with E-state index in [1.54, 1.807) is 5.20 Å². The van der Waals surface area contributed by atoms with Crippen LogP contribution in [0.15, 0.2) is 41.6 Å². The second-order valence-electron chi connectivity index (χ2n) is 5.05. The van der Waals surface area contributed by atoms with Crippen LogP contribution in [0.2, 0.25) is 19.6 Å². The first-order valence-corrected chi connectivity index (χ1v) is 8.95. The van der Waals surface area contributed by atoms with Crippen LogP contribution in [0.3, 0.4) is 0 Å². The predicted molar refractivity (Wildman–Crippen MR) is 83.6 cm³/mol. The molecule has 0 radical (unpaired) electrons. The second-order valence-corrected chi connectivity index (χ2v) is 10.2. The van der Waals surface area contributed by atoms with Gasteiger partial charge < -0.3 is 0 Å². The normalized spacial score (nSPS) is 13.5. The van der Waals surface area contributed by atoms with Gasteiger partial charge in [-0.15, -0.1) is 47.7 Å². The largest absolute Gasteiger partial charge is 0.198 e. The van der Waals surface area contributed by atoms with Gasteiger partial charge in [-0.3, -0.25) is 0 Å². The molecule has 1 aliphatic carbocycles. The minimum absolute atomic E-state index is 0. The molecular weight excluding hydrogens is 315 g/mol. The fourth-order valence-electron chi connectivity index (χ4n) is 1.75. The molecule has 1 aliphatic rings. The minimum atomic E-state index is -1.12. The average molecular weight is 334 g/mol. The molecule has 0 heterocycles. The van der Waals surface area contributed by atoms with Crippen molar-refractivity contribution in [1.29, 1.82) is 0 Å². The Bertz CT molecular complexity index is 419. The third-order valence-corrected chi connectivity index (χ3v) is 5.08. The van der Waals surface area contributed by atoms with Crippen molar-refractivity contribution in [2.75, 3.05) is 0 Å². The van der Waals surface area contributed by atoms with Crippen LogP contribution in [-0.2, 0) is 21.7 Å². The number of halogens is 2. The molecule has 0 N–H and O–H groups in total. The van der Waals surface area contributed by atoms with Crippen LogP contribution in [0, 0.1) is 6.08 Å². The van der Waals surface area contributed by atoms with E-state index in [1.165, 1.54) is 11.1 Å². The van der Waals surface area contributed by atoms with Crippen molar-refractivity contribution in [3.8, 4) is 0 Å². The number of hydrogen-bond acceptors (Lipinski definition) is 0. The zero-order valence-corrected chi connectivity index (χ0v) is 15.2. The molecule has 0 fully saturated rings. The average Bonchev–Trinajstić information content (AvgIpc) is 2.67. The van der Waals surface area contributed by atoms with E-state index in [-0.39, 0.29) is 46.5 Å². The van der Waals surface area contributed by atoms with Crippen molar-refractivity contribution in [2.45, 2.75) is 26.1 Å². The van der Waals surface area contributed by atoms with Gasteiger partial charge in [-0.25, -0.2) is 0 Å². The predicted octanol–water partition coefficient (Wildman–Crippen LogP) is 4.92. The van der Waals surface area contributed by atoms with E-state index in [9.17, 15) is 0 Å². The first-order chi connectivity index (χ1) is 7.07. The van der Waals surface area contributed by atoms with Gasteiger partial charge in [0.25, 0.3) is 0 Å². The van der Waals surface area contributed by atoms with E-state index >= 15 is 0 Å². The zero-order chi connectivity index (χ0) is 10.9. The zero-order valence-electron chi connectivity index (χ0n) is 11.0. The second kappa shape index (κ2) is 8.40. The number of allylic oxidation sites excluding steroid dienone is 4. The van der Waals surface area contributed by atoms with Crippen molar-refractivity contribution in [2.24, 2.45) is 0 Å². The first-order valence-electron chi connectivity index (χ1n) is 5.45. The van der Waals surface area contributed by atoms with Gasteiger partial charge in [0.15, 0.2) is 0 Å². The summed E-state index contributed by atoms with van der Waals surface area (Å²) in [7, 11) is -1.12. The molecule has 0 atom stereocenters. The summed E-state index contributed by atoms with van der Waals surface area (Å²) in [6.45, 7) is 7.19. The molecule has 0 bridgehead atoms. The maximum atomic E-state index is 3.49. The van der Waals surface area contributed by atoms with Crippen LogP contribution in [0.5, 0.6) is 0 Å². The Hall–Kier alpha value is 0.211. The maximum absolute atomic E-state index is 3.49. The van der Waals surface area contributed by atoms with E-state index in [0.717, 1.165) is 6.42 Å². The van der Waals surface area contributed by atoms with E-state index in [4.69, 9.17) is 0 Å². The molecule has 0 spiro atoms. The van der Waals surface area contributed by atoms with E-state index < -0.39 is 8.07 Å². The Morgan fingerprint density at radius 2 is 1.56 bits per heavy atom. The Morgan fingerprint density at radius 1 is 1.00 bits per heavy atom. The van der Waals surface area contributed by atoms with Crippen molar-refractivity contribution >= 4 is 38.5 Å². The summed E-state index contributed by atoms with van der Waals surface area (Å²) < 4.78 is 0. The summed E-state index contributed by atoms with van der Waals surface area (Å²) in [6, 6.07) is 10.6. The van der Waals surface area contributed by atoms with Gasteiger partial charge in [0.1, 0.15) is 0 Å². The Kier molecular flexibility index (Phi) is 9.57.